The predicted octanol–water partition coefficient (Wildman–Crippen LogP) is 3.03. The van der Waals surface area contributed by atoms with Gasteiger partial charge in [-0.3, -0.25) is 0 Å². The molecule has 0 amide bonds. The van der Waals surface area contributed by atoms with Crippen LogP contribution in [0.25, 0.3) is 0 Å². The fourth-order valence-electron chi connectivity index (χ4n) is 1.92. The molecule has 0 aliphatic heterocycles. The van der Waals surface area contributed by atoms with Crippen LogP contribution in [0.15, 0.2) is 6.20 Å². The predicted molar refractivity (Wildman–Crippen MR) is 72.4 cm³/mol. The van der Waals surface area contributed by atoms with Crippen molar-refractivity contribution in [2.75, 3.05) is 14.1 Å². The summed E-state index contributed by atoms with van der Waals surface area (Å²) in [5.41, 5.74) is 0.966. The SMILES string of the molecule is CN(C)Cc1ncc(CC(C)(F)F)c(C(C)(C)C)n1. The number of hydrogen-bond donors (Lipinski definition) is 0. The van der Waals surface area contributed by atoms with Crippen molar-refractivity contribution < 1.29 is 8.78 Å². The summed E-state index contributed by atoms with van der Waals surface area (Å²) in [4.78, 5) is 10.6. The zero-order valence-electron chi connectivity index (χ0n) is 12.6. The van der Waals surface area contributed by atoms with Crippen molar-refractivity contribution >= 4 is 0 Å². The van der Waals surface area contributed by atoms with Gasteiger partial charge >= 0.3 is 0 Å². The molecule has 0 saturated carbocycles. The van der Waals surface area contributed by atoms with Crippen LogP contribution in [-0.2, 0) is 18.4 Å². The summed E-state index contributed by atoms with van der Waals surface area (Å²) in [6.07, 6.45) is 1.23. The Morgan fingerprint density at radius 3 is 2.16 bits per heavy atom. The van der Waals surface area contributed by atoms with Gasteiger partial charge in [0, 0.05) is 18.0 Å². The van der Waals surface area contributed by atoms with E-state index in [2.05, 4.69) is 9.97 Å². The summed E-state index contributed by atoms with van der Waals surface area (Å²) >= 11 is 0. The topological polar surface area (TPSA) is 29.0 Å². The number of nitrogens with zero attached hydrogens (tertiary/aromatic N) is 3. The van der Waals surface area contributed by atoms with E-state index < -0.39 is 5.92 Å². The molecule has 108 valence electrons. The van der Waals surface area contributed by atoms with Crippen molar-refractivity contribution in [3.05, 3.63) is 23.3 Å². The lowest BCUT2D eigenvalue weighted by Gasteiger charge is -2.23. The van der Waals surface area contributed by atoms with Gasteiger partial charge in [-0.25, -0.2) is 18.7 Å². The number of rotatable bonds is 4. The number of aromatic nitrogens is 2. The third-order valence-corrected chi connectivity index (χ3v) is 2.58. The second-order valence-corrected chi connectivity index (χ2v) is 6.39. The van der Waals surface area contributed by atoms with E-state index in [0.717, 1.165) is 6.92 Å². The molecule has 1 rings (SSSR count). The highest BCUT2D eigenvalue weighted by Gasteiger charge is 2.28. The molecule has 0 N–H and O–H groups in total. The van der Waals surface area contributed by atoms with Gasteiger partial charge in [0.05, 0.1) is 12.2 Å². The number of halogens is 2. The minimum atomic E-state index is -2.74. The van der Waals surface area contributed by atoms with Crippen LogP contribution >= 0.6 is 0 Å². The summed E-state index contributed by atoms with van der Waals surface area (Å²) in [6.45, 7) is 7.46. The molecule has 0 fully saturated rings. The molecule has 0 bridgehead atoms. The van der Waals surface area contributed by atoms with Crippen molar-refractivity contribution in [3.63, 3.8) is 0 Å². The van der Waals surface area contributed by atoms with Crippen molar-refractivity contribution in [1.82, 2.24) is 14.9 Å². The fourth-order valence-corrected chi connectivity index (χ4v) is 1.92. The van der Waals surface area contributed by atoms with Crippen molar-refractivity contribution in [2.45, 2.75) is 52.0 Å². The molecule has 0 saturated heterocycles. The standard InChI is InChI=1S/C14H23F2N3/c1-13(2,3)12-10(7-14(4,15)16)8-17-11(18-12)9-19(5)6/h8H,7,9H2,1-6H3. The van der Waals surface area contributed by atoms with Gasteiger partial charge in [0.25, 0.3) is 0 Å². The highest BCUT2D eigenvalue weighted by atomic mass is 19.3. The van der Waals surface area contributed by atoms with E-state index in [-0.39, 0.29) is 11.8 Å². The summed E-state index contributed by atoms with van der Waals surface area (Å²) in [7, 11) is 3.85. The highest BCUT2D eigenvalue weighted by Crippen LogP contribution is 2.28. The minimum absolute atomic E-state index is 0.273. The molecule has 19 heavy (non-hydrogen) atoms. The Labute approximate surface area is 114 Å². The van der Waals surface area contributed by atoms with Gasteiger partial charge in [-0.05, 0) is 26.6 Å². The summed E-state index contributed by atoms with van der Waals surface area (Å²) in [6, 6.07) is 0. The van der Waals surface area contributed by atoms with Crippen LogP contribution in [0.3, 0.4) is 0 Å². The first kappa shape index (κ1) is 16.0. The van der Waals surface area contributed by atoms with E-state index in [1.54, 1.807) is 6.20 Å². The van der Waals surface area contributed by atoms with E-state index in [9.17, 15) is 8.78 Å². The van der Waals surface area contributed by atoms with Crippen molar-refractivity contribution in [2.24, 2.45) is 0 Å². The maximum absolute atomic E-state index is 13.2. The van der Waals surface area contributed by atoms with Crippen LogP contribution in [0.5, 0.6) is 0 Å². The Kier molecular flexibility index (Phi) is 4.61. The molecule has 0 aromatic carbocycles. The maximum Gasteiger partial charge on any atom is 0.249 e. The molecule has 0 radical (unpaired) electrons. The number of alkyl halides is 2. The van der Waals surface area contributed by atoms with E-state index in [4.69, 9.17) is 0 Å². The fraction of sp³-hybridized carbons (Fsp3) is 0.714. The first-order valence-corrected chi connectivity index (χ1v) is 6.37. The smallest absolute Gasteiger partial charge is 0.249 e. The first-order valence-electron chi connectivity index (χ1n) is 6.37. The second kappa shape index (κ2) is 5.49. The van der Waals surface area contributed by atoms with Gasteiger partial charge in [0.1, 0.15) is 5.82 Å². The minimum Gasteiger partial charge on any atom is -0.302 e. The highest BCUT2D eigenvalue weighted by molar-refractivity contribution is 5.25. The molecule has 0 atom stereocenters. The molecule has 0 spiro atoms. The first-order chi connectivity index (χ1) is 8.49. The average molecular weight is 271 g/mol. The van der Waals surface area contributed by atoms with Gasteiger partial charge in [-0.15, -0.1) is 0 Å². The van der Waals surface area contributed by atoms with E-state index in [1.807, 2.05) is 39.8 Å². The van der Waals surface area contributed by atoms with E-state index >= 15 is 0 Å². The van der Waals surface area contributed by atoms with Crippen LogP contribution in [0, 0.1) is 0 Å². The Balaban J connectivity index is 3.18. The zero-order chi connectivity index (χ0) is 14.8. The van der Waals surface area contributed by atoms with Crippen LogP contribution in [-0.4, -0.2) is 34.9 Å². The zero-order valence-corrected chi connectivity index (χ0v) is 12.6. The Bertz CT molecular complexity index is 431. The normalized spacial score (nSPS) is 13.1. The quantitative estimate of drug-likeness (QED) is 0.843. The lowest BCUT2D eigenvalue weighted by Crippen LogP contribution is -2.24. The molecule has 1 aromatic heterocycles. The lowest BCUT2D eigenvalue weighted by molar-refractivity contribution is 0.0220. The third kappa shape index (κ3) is 5.19. The van der Waals surface area contributed by atoms with Gasteiger partial charge in [-0.2, -0.15) is 0 Å². The molecule has 0 unspecified atom stereocenters. The second-order valence-electron chi connectivity index (χ2n) is 6.39. The Morgan fingerprint density at radius 1 is 1.16 bits per heavy atom. The van der Waals surface area contributed by atoms with Crippen LogP contribution in [0.1, 0.15) is 44.8 Å². The average Bonchev–Trinajstić information content (AvgIpc) is 2.15. The Hall–Kier alpha value is -1.10. The van der Waals surface area contributed by atoms with Gasteiger partial charge in [0.2, 0.25) is 5.92 Å². The maximum atomic E-state index is 13.2. The summed E-state index contributed by atoms with van der Waals surface area (Å²) in [5, 5.41) is 0. The van der Waals surface area contributed by atoms with Gasteiger partial charge in [-0.1, -0.05) is 20.8 Å². The third-order valence-electron chi connectivity index (χ3n) is 2.58. The molecule has 1 heterocycles. The Morgan fingerprint density at radius 2 is 1.74 bits per heavy atom. The molecular formula is C14H23F2N3. The molecule has 1 aromatic rings. The lowest BCUT2D eigenvalue weighted by atomic mass is 9.87. The van der Waals surface area contributed by atoms with Crippen molar-refractivity contribution in [1.29, 1.82) is 0 Å². The molecule has 5 heteroatoms. The van der Waals surface area contributed by atoms with Crippen LogP contribution in [0.4, 0.5) is 8.78 Å². The van der Waals surface area contributed by atoms with Gasteiger partial charge < -0.3 is 4.90 Å². The molecule has 3 nitrogen and oxygen atoms in total. The molecule has 0 aliphatic carbocycles. The monoisotopic (exact) mass is 271 g/mol. The van der Waals surface area contributed by atoms with Crippen molar-refractivity contribution in [3.8, 4) is 0 Å². The molecule has 0 aliphatic rings. The van der Waals surface area contributed by atoms with Crippen LogP contribution < -0.4 is 0 Å². The largest absolute Gasteiger partial charge is 0.302 e. The number of hydrogen-bond acceptors (Lipinski definition) is 3. The van der Waals surface area contributed by atoms with Gasteiger partial charge in [0.15, 0.2) is 0 Å². The molecular weight excluding hydrogens is 248 g/mol. The summed E-state index contributed by atoms with van der Waals surface area (Å²) < 4.78 is 26.4. The van der Waals surface area contributed by atoms with Crippen LogP contribution in [0.2, 0.25) is 0 Å². The summed E-state index contributed by atoms with van der Waals surface area (Å²) in [5.74, 6) is -2.08. The van der Waals surface area contributed by atoms with E-state index in [0.29, 0.717) is 23.6 Å². The van der Waals surface area contributed by atoms with E-state index in [1.165, 1.54) is 0 Å².